The van der Waals surface area contributed by atoms with Crippen molar-refractivity contribution in [2.45, 2.75) is 13.3 Å². The minimum atomic E-state index is -0.290. The molecule has 0 bridgehead atoms. The van der Waals surface area contributed by atoms with Gasteiger partial charge in [-0.1, -0.05) is 23.7 Å². The molecule has 0 aromatic heterocycles. The third-order valence-electron chi connectivity index (χ3n) is 4.70. The van der Waals surface area contributed by atoms with Crippen molar-refractivity contribution < 1.29 is 13.9 Å². The number of carbonyl (C=O) groups excluding carboxylic acids is 1. The quantitative estimate of drug-likeness (QED) is 0.815. The van der Waals surface area contributed by atoms with E-state index in [-0.39, 0.29) is 11.7 Å². The number of piperazine rings is 1. The van der Waals surface area contributed by atoms with E-state index >= 15 is 0 Å². The Kier molecular flexibility index (Phi) is 5.67. The molecule has 1 fully saturated rings. The summed E-state index contributed by atoms with van der Waals surface area (Å²) in [6, 6.07) is 9.94. The normalized spacial score (nSPS) is 14.5. The Hall–Kier alpha value is -2.27. The Morgan fingerprint density at radius 2 is 1.81 bits per heavy atom. The lowest BCUT2D eigenvalue weighted by molar-refractivity contribution is -0.130. The maximum Gasteiger partial charge on any atom is 0.227 e. The minimum Gasteiger partial charge on any atom is -0.495 e. The van der Waals surface area contributed by atoms with Crippen LogP contribution in [0.3, 0.4) is 0 Å². The lowest BCUT2D eigenvalue weighted by atomic mass is 10.1. The number of benzene rings is 2. The topological polar surface area (TPSA) is 32.8 Å². The number of aryl methyl sites for hydroxylation is 1. The average Bonchev–Trinajstić information content (AvgIpc) is 2.65. The van der Waals surface area contributed by atoms with E-state index in [0.29, 0.717) is 24.5 Å². The van der Waals surface area contributed by atoms with Crippen molar-refractivity contribution >= 4 is 23.2 Å². The summed E-state index contributed by atoms with van der Waals surface area (Å²) in [7, 11) is 1.63. The number of amides is 1. The van der Waals surface area contributed by atoms with Crippen molar-refractivity contribution in [1.82, 2.24) is 4.90 Å². The van der Waals surface area contributed by atoms with Gasteiger partial charge in [-0.05, 0) is 36.2 Å². The van der Waals surface area contributed by atoms with Gasteiger partial charge in [0.15, 0.2) is 0 Å². The fourth-order valence-electron chi connectivity index (χ4n) is 3.14. The van der Waals surface area contributed by atoms with Crippen LogP contribution in [-0.4, -0.2) is 44.1 Å². The van der Waals surface area contributed by atoms with Gasteiger partial charge in [0, 0.05) is 37.3 Å². The maximum atomic E-state index is 13.0. The van der Waals surface area contributed by atoms with E-state index < -0.39 is 0 Å². The first-order valence-electron chi connectivity index (χ1n) is 8.59. The van der Waals surface area contributed by atoms with Crippen molar-refractivity contribution in [2.75, 3.05) is 38.2 Å². The molecule has 0 saturated carbocycles. The highest BCUT2D eigenvalue weighted by Gasteiger charge is 2.23. The number of hydrogen-bond acceptors (Lipinski definition) is 3. The molecule has 1 saturated heterocycles. The third kappa shape index (κ3) is 4.10. The summed E-state index contributed by atoms with van der Waals surface area (Å²) in [4.78, 5) is 16.6. The minimum absolute atomic E-state index is 0.0653. The molecule has 3 rings (SSSR count). The molecule has 6 heteroatoms. The van der Waals surface area contributed by atoms with Gasteiger partial charge in [-0.25, -0.2) is 4.39 Å². The summed E-state index contributed by atoms with van der Waals surface area (Å²) in [5.41, 5.74) is 2.83. The van der Waals surface area contributed by atoms with Gasteiger partial charge >= 0.3 is 0 Å². The van der Waals surface area contributed by atoms with Gasteiger partial charge in [0.25, 0.3) is 0 Å². The van der Waals surface area contributed by atoms with Crippen LogP contribution in [0.1, 0.15) is 11.1 Å². The smallest absolute Gasteiger partial charge is 0.227 e. The number of rotatable bonds is 4. The largest absolute Gasteiger partial charge is 0.495 e. The summed E-state index contributed by atoms with van der Waals surface area (Å²) in [5, 5.41) is 0.679. The van der Waals surface area contributed by atoms with E-state index in [2.05, 4.69) is 4.90 Å². The Labute approximate surface area is 158 Å². The van der Waals surface area contributed by atoms with E-state index in [1.165, 1.54) is 12.1 Å². The van der Waals surface area contributed by atoms with Crippen molar-refractivity contribution in [3.63, 3.8) is 0 Å². The third-order valence-corrected chi connectivity index (χ3v) is 5.11. The summed E-state index contributed by atoms with van der Waals surface area (Å²) in [6.07, 6.45) is 0.295. The summed E-state index contributed by atoms with van der Waals surface area (Å²) >= 11 is 6.18. The number of ether oxygens (including phenoxy) is 1. The first-order chi connectivity index (χ1) is 12.5. The monoisotopic (exact) mass is 376 g/mol. The molecular weight excluding hydrogens is 355 g/mol. The van der Waals surface area contributed by atoms with Crippen LogP contribution in [0.2, 0.25) is 5.02 Å². The predicted molar refractivity (Wildman–Crippen MR) is 102 cm³/mol. The molecule has 1 heterocycles. The molecule has 0 spiro atoms. The lowest BCUT2D eigenvalue weighted by Gasteiger charge is -2.37. The van der Waals surface area contributed by atoms with Gasteiger partial charge in [0.05, 0.1) is 19.2 Å². The van der Waals surface area contributed by atoms with Crippen LogP contribution in [0, 0.1) is 12.7 Å². The summed E-state index contributed by atoms with van der Waals surface area (Å²) < 4.78 is 18.4. The van der Waals surface area contributed by atoms with Crippen LogP contribution in [0.4, 0.5) is 10.1 Å². The standard InChI is InChI=1S/C20H22ClFN2O2/c1-14-11-18(19(26-2)13-17(14)21)23-7-9-24(10-8-23)20(25)12-15-3-5-16(22)6-4-15/h3-6,11,13H,7-10,12H2,1-2H3. The van der Waals surface area contributed by atoms with Gasteiger partial charge in [0.2, 0.25) is 5.91 Å². The van der Waals surface area contributed by atoms with Crippen LogP contribution in [0.5, 0.6) is 5.75 Å². The first kappa shape index (κ1) is 18.5. The molecule has 0 N–H and O–H groups in total. The lowest BCUT2D eigenvalue weighted by Crippen LogP contribution is -2.49. The highest BCUT2D eigenvalue weighted by Crippen LogP contribution is 2.34. The van der Waals surface area contributed by atoms with Gasteiger partial charge in [0.1, 0.15) is 11.6 Å². The van der Waals surface area contributed by atoms with E-state index in [1.54, 1.807) is 19.2 Å². The van der Waals surface area contributed by atoms with Gasteiger partial charge in [-0.15, -0.1) is 0 Å². The summed E-state index contributed by atoms with van der Waals surface area (Å²) in [6.45, 7) is 4.71. The highest BCUT2D eigenvalue weighted by atomic mass is 35.5. The fourth-order valence-corrected chi connectivity index (χ4v) is 3.30. The molecule has 1 amide bonds. The van der Waals surface area contributed by atoms with Crippen LogP contribution in [0.25, 0.3) is 0 Å². The molecule has 26 heavy (non-hydrogen) atoms. The Morgan fingerprint density at radius 3 is 2.42 bits per heavy atom. The van der Waals surface area contributed by atoms with Gasteiger partial charge < -0.3 is 14.5 Å². The zero-order chi connectivity index (χ0) is 18.7. The average molecular weight is 377 g/mol. The van der Waals surface area contributed by atoms with Crippen LogP contribution in [-0.2, 0) is 11.2 Å². The maximum absolute atomic E-state index is 13.0. The van der Waals surface area contributed by atoms with E-state index in [1.807, 2.05) is 24.0 Å². The predicted octanol–water partition coefficient (Wildman–Crippen LogP) is 3.69. The number of hydrogen-bond donors (Lipinski definition) is 0. The van der Waals surface area contributed by atoms with Crippen molar-refractivity contribution in [1.29, 1.82) is 0 Å². The first-order valence-corrected chi connectivity index (χ1v) is 8.97. The van der Waals surface area contributed by atoms with Crippen molar-refractivity contribution in [3.05, 3.63) is 58.4 Å². The fraction of sp³-hybridized carbons (Fsp3) is 0.350. The number of methoxy groups -OCH3 is 1. The zero-order valence-corrected chi connectivity index (χ0v) is 15.7. The molecule has 4 nitrogen and oxygen atoms in total. The van der Waals surface area contributed by atoms with Crippen LogP contribution >= 0.6 is 11.6 Å². The van der Waals surface area contributed by atoms with Crippen LogP contribution in [0.15, 0.2) is 36.4 Å². The molecular formula is C20H22ClFN2O2. The molecule has 1 aliphatic heterocycles. The molecule has 0 aliphatic carbocycles. The number of anilines is 1. The molecule has 2 aromatic carbocycles. The Morgan fingerprint density at radius 1 is 1.15 bits per heavy atom. The van der Waals surface area contributed by atoms with E-state index in [4.69, 9.17) is 16.3 Å². The second-order valence-electron chi connectivity index (χ2n) is 6.44. The zero-order valence-electron chi connectivity index (χ0n) is 15.0. The molecule has 0 unspecified atom stereocenters. The molecule has 138 valence electrons. The number of carbonyl (C=O) groups is 1. The van der Waals surface area contributed by atoms with Crippen molar-refractivity contribution in [2.24, 2.45) is 0 Å². The Balaban J connectivity index is 1.63. The van der Waals surface area contributed by atoms with Crippen LogP contribution < -0.4 is 9.64 Å². The van der Waals surface area contributed by atoms with E-state index in [0.717, 1.165) is 35.7 Å². The van der Waals surface area contributed by atoms with E-state index in [9.17, 15) is 9.18 Å². The number of halogens is 2. The van der Waals surface area contributed by atoms with Gasteiger partial charge in [-0.2, -0.15) is 0 Å². The molecule has 0 atom stereocenters. The SMILES string of the molecule is COc1cc(Cl)c(C)cc1N1CCN(C(=O)Cc2ccc(F)cc2)CC1. The second-order valence-corrected chi connectivity index (χ2v) is 6.85. The molecule has 1 aliphatic rings. The van der Waals surface area contributed by atoms with Gasteiger partial charge in [-0.3, -0.25) is 4.79 Å². The highest BCUT2D eigenvalue weighted by molar-refractivity contribution is 6.31. The molecule has 0 radical (unpaired) electrons. The molecule has 2 aromatic rings. The number of nitrogens with zero attached hydrogens (tertiary/aromatic N) is 2. The van der Waals surface area contributed by atoms with Crippen molar-refractivity contribution in [3.8, 4) is 5.75 Å². The summed E-state index contributed by atoms with van der Waals surface area (Å²) in [5.74, 6) is 0.518. The Bertz CT molecular complexity index is 787. The second kappa shape index (κ2) is 7.96.